The van der Waals surface area contributed by atoms with Crippen molar-refractivity contribution in [2.45, 2.75) is 57.2 Å². The summed E-state index contributed by atoms with van der Waals surface area (Å²) in [5.74, 6) is -0.0356. The van der Waals surface area contributed by atoms with Gasteiger partial charge in [-0.3, -0.25) is 4.79 Å². The minimum Gasteiger partial charge on any atom is -0.352 e. The molecule has 5 heteroatoms. The van der Waals surface area contributed by atoms with Crippen molar-refractivity contribution < 1.29 is 4.79 Å². The number of amides is 1. The van der Waals surface area contributed by atoms with Crippen LogP contribution in [-0.2, 0) is 4.79 Å². The van der Waals surface area contributed by atoms with Gasteiger partial charge in [0.15, 0.2) is 0 Å². The summed E-state index contributed by atoms with van der Waals surface area (Å²) in [6, 6.07) is 0.115. The first-order valence-electron chi connectivity index (χ1n) is 5.45. The standard InChI is InChI=1S/C10H21N3O.ClH/c1-2-9(12)10(14)13-8-5-3-4-7(11)6-8;/h7-9H,2-6,11-12H2,1H3,(H,13,14);1H/t7?,8?,9-;/m1./s1. The Morgan fingerprint density at radius 1 is 1.53 bits per heavy atom. The van der Waals surface area contributed by atoms with Crippen molar-refractivity contribution in [2.24, 2.45) is 11.5 Å². The summed E-state index contributed by atoms with van der Waals surface area (Å²) in [6.45, 7) is 1.91. The van der Waals surface area contributed by atoms with Gasteiger partial charge in [-0.1, -0.05) is 6.92 Å². The summed E-state index contributed by atoms with van der Waals surface area (Å²) in [5.41, 5.74) is 11.5. The van der Waals surface area contributed by atoms with Crippen LogP contribution in [0.1, 0.15) is 39.0 Å². The molecule has 0 spiro atoms. The molecule has 5 N–H and O–H groups in total. The zero-order valence-corrected chi connectivity index (χ0v) is 10.1. The summed E-state index contributed by atoms with van der Waals surface area (Å²) >= 11 is 0. The SMILES string of the molecule is CC[C@@H](N)C(=O)NC1CCCC(N)C1.Cl. The summed E-state index contributed by atoms with van der Waals surface area (Å²) in [5, 5.41) is 2.96. The number of halogens is 1. The van der Waals surface area contributed by atoms with Crippen molar-refractivity contribution in [1.29, 1.82) is 0 Å². The third-order valence-electron chi connectivity index (χ3n) is 2.84. The molecule has 1 fully saturated rings. The van der Waals surface area contributed by atoms with Crippen LogP contribution < -0.4 is 16.8 Å². The lowest BCUT2D eigenvalue weighted by molar-refractivity contribution is -0.123. The third kappa shape index (κ3) is 4.82. The smallest absolute Gasteiger partial charge is 0.237 e. The van der Waals surface area contributed by atoms with E-state index < -0.39 is 0 Å². The molecule has 15 heavy (non-hydrogen) atoms. The van der Waals surface area contributed by atoms with Gasteiger partial charge in [0, 0.05) is 12.1 Å². The van der Waals surface area contributed by atoms with Gasteiger partial charge in [-0.25, -0.2) is 0 Å². The van der Waals surface area contributed by atoms with E-state index in [1.54, 1.807) is 0 Å². The van der Waals surface area contributed by atoms with Crippen LogP contribution >= 0.6 is 12.4 Å². The first-order chi connectivity index (χ1) is 6.63. The largest absolute Gasteiger partial charge is 0.352 e. The van der Waals surface area contributed by atoms with E-state index in [-0.39, 0.29) is 36.4 Å². The Hall–Kier alpha value is -0.320. The van der Waals surface area contributed by atoms with E-state index in [1.165, 1.54) is 0 Å². The highest BCUT2D eigenvalue weighted by Crippen LogP contribution is 2.16. The van der Waals surface area contributed by atoms with Crippen LogP contribution in [0.15, 0.2) is 0 Å². The zero-order chi connectivity index (χ0) is 10.6. The van der Waals surface area contributed by atoms with Gasteiger partial charge >= 0.3 is 0 Å². The molecule has 2 unspecified atom stereocenters. The molecule has 0 saturated heterocycles. The highest BCUT2D eigenvalue weighted by Gasteiger charge is 2.22. The number of nitrogens with one attached hydrogen (secondary N) is 1. The Morgan fingerprint density at radius 3 is 2.73 bits per heavy atom. The van der Waals surface area contributed by atoms with E-state index in [0.29, 0.717) is 6.42 Å². The van der Waals surface area contributed by atoms with Crippen molar-refractivity contribution in [2.75, 3.05) is 0 Å². The maximum Gasteiger partial charge on any atom is 0.237 e. The van der Waals surface area contributed by atoms with Crippen molar-refractivity contribution in [3.05, 3.63) is 0 Å². The summed E-state index contributed by atoms with van der Waals surface area (Å²) in [6.07, 6.45) is 4.79. The third-order valence-corrected chi connectivity index (χ3v) is 2.84. The number of rotatable bonds is 3. The maximum absolute atomic E-state index is 11.5. The molecular formula is C10H22ClN3O. The van der Waals surface area contributed by atoms with Crippen molar-refractivity contribution in [1.82, 2.24) is 5.32 Å². The van der Waals surface area contributed by atoms with Crippen LogP contribution in [0.4, 0.5) is 0 Å². The van der Waals surface area contributed by atoms with E-state index in [2.05, 4.69) is 5.32 Å². The van der Waals surface area contributed by atoms with Gasteiger partial charge in [0.25, 0.3) is 0 Å². The summed E-state index contributed by atoms with van der Waals surface area (Å²) in [4.78, 5) is 11.5. The number of carbonyl (C=O) groups excluding carboxylic acids is 1. The fraction of sp³-hybridized carbons (Fsp3) is 0.900. The first kappa shape index (κ1) is 14.7. The average Bonchev–Trinajstić information content (AvgIpc) is 2.16. The maximum atomic E-state index is 11.5. The van der Waals surface area contributed by atoms with Gasteiger partial charge in [-0.2, -0.15) is 0 Å². The number of carbonyl (C=O) groups is 1. The lowest BCUT2D eigenvalue weighted by atomic mass is 9.91. The van der Waals surface area contributed by atoms with E-state index in [1.807, 2.05) is 6.92 Å². The molecule has 1 saturated carbocycles. The Bertz CT molecular complexity index is 201. The van der Waals surface area contributed by atoms with Gasteiger partial charge < -0.3 is 16.8 Å². The molecule has 0 heterocycles. The first-order valence-corrected chi connectivity index (χ1v) is 5.45. The fourth-order valence-corrected chi connectivity index (χ4v) is 1.85. The molecule has 0 aliphatic heterocycles. The zero-order valence-electron chi connectivity index (χ0n) is 9.24. The molecule has 0 aromatic carbocycles. The van der Waals surface area contributed by atoms with Gasteiger partial charge in [0.05, 0.1) is 6.04 Å². The molecule has 4 nitrogen and oxygen atoms in total. The molecule has 1 aliphatic rings. The number of hydrogen-bond acceptors (Lipinski definition) is 3. The predicted molar refractivity (Wildman–Crippen MR) is 63.9 cm³/mol. The molecule has 1 amide bonds. The van der Waals surface area contributed by atoms with Crippen molar-refractivity contribution >= 4 is 18.3 Å². The van der Waals surface area contributed by atoms with Crippen LogP contribution in [0.2, 0.25) is 0 Å². The lowest BCUT2D eigenvalue weighted by Gasteiger charge is -2.28. The highest BCUT2D eigenvalue weighted by molar-refractivity contribution is 5.85. The Labute approximate surface area is 97.6 Å². The Kier molecular flexibility index (Phi) is 6.89. The topological polar surface area (TPSA) is 81.1 Å². The monoisotopic (exact) mass is 235 g/mol. The van der Waals surface area contributed by atoms with Crippen molar-refractivity contribution in [3.63, 3.8) is 0 Å². The van der Waals surface area contributed by atoms with Gasteiger partial charge in [0.1, 0.15) is 0 Å². The van der Waals surface area contributed by atoms with Crippen LogP contribution in [0, 0.1) is 0 Å². The second kappa shape index (κ2) is 7.04. The van der Waals surface area contributed by atoms with E-state index >= 15 is 0 Å². The molecule has 1 rings (SSSR count). The fourth-order valence-electron chi connectivity index (χ4n) is 1.85. The summed E-state index contributed by atoms with van der Waals surface area (Å²) < 4.78 is 0. The molecule has 0 aromatic heterocycles. The molecule has 0 aromatic rings. The quantitative estimate of drug-likeness (QED) is 0.668. The summed E-state index contributed by atoms with van der Waals surface area (Å²) in [7, 11) is 0. The number of hydrogen-bond donors (Lipinski definition) is 3. The second-order valence-corrected chi connectivity index (χ2v) is 4.15. The number of nitrogens with two attached hydrogens (primary N) is 2. The Morgan fingerprint density at radius 2 is 2.20 bits per heavy atom. The van der Waals surface area contributed by atoms with Gasteiger partial charge in [0.2, 0.25) is 5.91 Å². The Balaban J connectivity index is 0.00000196. The molecule has 0 radical (unpaired) electrons. The molecule has 1 aliphatic carbocycles. The van der Waals surface area contributed by atoms with Crippen molar-refractivity contribution in [3.8, 4) is 0 Å². The van der Waals surface area contributed by atoms with Gasteiger partial charge in [-0.05, 0) is 32.1 Å². The molecule has 0 bridgehead atoms. The highest BCUT2D eigenvalue weighted by atomic mass is 35.5. The van der Waals surface area contributed by atoms with E-state index in [9.17, 15) is 4.79 Å². The molecular weight excluding hydrogens is 214 g/mol. The molecule has 3 atom stereocenters. The van der Waals surface area contributed by atoms with E-state index in [4.69, 9.17) is 11.5 Å². The van der Waals surface area contributed by atoms with Crippen LogP contribution in [0.25, 0.3) is 0 Å². The molecule has 90 valence electrons. The normalized spacial score (nSPS) is 27.7. The minimum atomic E-state index is -0.367. The predicted octanol–water partition coefficient (Wildman–Crippen LogP) is 0.532. The lowest BCUT2D eigenvalue weighted by Crippen LogP contribution is -2.48. The van der Waals surface area contributed by atoms with Crippen LogP contribution in [0.3, 0.4) is 0 Å². The van der Waals surface area contributed by atoms with Gasteiger partial charge in [-0.15, -0.1) is 12.4 Å². The minimum absolute atomic E-state index is 0. The van der Waals surface area contributed by atoms with Crippen LogP contribution in [0.5, 0.6) is 0 Å². The van der Waals surface area contributed by atoms with E-state index in [0.717, 1.165) is 25.7 Å². The second-order valence-electron chi connectivity index (χ2n) is 4.15. The average molecular weight is 236 g/mol. The van der Waals surface area contributed by atoms with Crippen LogP contribution in [-0.4, -0.2) is 24.0 Å².